The van der Waals surface area contributed by atoms with Gasteiger partial charge in [-0.1, -0.05) is 15.9 Å². The summed E-state index contributed by atoms with van der Waals surface area (Å²) in [6.45, 7) is 1.22. The Hall–Kier alpha value is -0.790. The number of benzene rings is 1. The summed E-state index contributed by atoms with van der Waals surface area (Å²) in [4.78, 5) is 10.4. The number of rotatable bonds is 4. The molecule has 0 saturated heterocycles. The molecule has 0 bridgehead atoms. The van der Waals surface area contributed by atoms with Crippen LogP contribution in [0.4, 0.5) is 0 Å². The molecule has 2 N–H and O–H groups in total. The van der Waals surface area contributed by atoms with Crippen LogP contribution in [-0.2, 0) is 13.8 Å². The van der Waals surface area contributed by atoms with Gasteiger partial charge in [0.2, 0.25) is 0 Å². The van der Waals surface area contributed by atoms with E-state index in [0.717, 1.165) is 0 Å². The van der Waals surface area contributed by atoms with Crippen LogP contribution in [-0.4, -0.2) is 20.9 Å². The van der Waals surface area contributed by atoms with E-state index in [4.69, 9.17) is 21.2 Å². The summed E-state index contributed by atoms with van der Waals surface area (Å²) in [6, 6.07) is 2.94. The molecule has 0 heterocycles. The maximum atomic E-state index is 11.4. The molecule has 17 heavy (non-hydrogen) atoms. The third kappa shape index (κ3) is 3.86. The fourth-order valence-electron chi connectivity index (χ4n) is 1.21. The van der Waals surface area contributed by atoms with Crippen molar-refractivity contribution < 1.29 is 17.9 Å². The number of amides is 1. The number of hydrogen-bond acceptors (Lipinski definition) is 4. The lowest BCUT2D eigenvalue weighted by atomic mass is 10.2. The van der Waals surface area contributed by atoms with Crippen LogP contribution < -0.4 is 10.5 Å². The fourth-order valence-corrected chi connectivity index (χ4v) is 2.99. The minimum absolute atomic E-state index is 0.0296. The molecule has 0 aliphatic heterocycles. The van der Waals surface area contributed by atoms with E-state index in [2.05, 4.69) is 15.9 Å². The molecule has 5 nitrogen and oxygen atoms in total. The Bertz CT molecular complexity index is 558. The third-order valence-electron chi connectivity index (χ3n) is 1.83. The summed E-state index contributed by atoms with van der Waals surface area (Å²) >= 11 is 3.15. The number of carbonyl (C=O) groups excluding carboxylic acids is 1. The second kappa shape index (κ2) is 5.24. The summed E-state index contributed by atoms with van der Waals surface area (Å²) < 4.78 is 28.3. The Morgan fingerprint density at radius 3 is 2.59 bits per heavy atom. The lowest BCUT2D eigenvalue weighted by molar-refractivity contribution is -0.120. The molecule has 0 atom stereocenters. The van der Waals surface area contributed by atoms with Crippen molar-refractivity contribution in [1.82, 2.24) is 0 Å². The lowest BCUT2D eigenvalue weighted by Crippen LogP contribution is -2.21. The molecule has 0 radical (unpaired) electrons. The van der Waals surface area contributed by atoms with Crippen molar-refractivity contribution >= 4 is 41.6 Å². The molecule has 0 saturated carbocycles. The smallest absolute Gasteiger partial charge is 0.265 e. The van der Waals surface area contributed by atoms with Crippen LogP contribution >= 0.6 is 26.6 Å². The first-order chi connectivity index (χ1) is 7.71. The van der Waals surface area contributed by atoms with E-state index in [1.165, 1.54) is 6.07 Å². The zero-order valence-electron chi connectivity index (χ0n) is 8.74. The number of primary amides is 1. The summed E-state index contributed by atoms with van der Waals surface area (Å²) in [7, 11) is 1.32. The standard InChI is InChI=1S/C9H9BrClNO4S/c1-5-2-6(10)3-7(17(11,14)15)9(5)16-4-8(12)13/h2-3H,4H2,1H3,(H2,12,13). The average Bonchev–Trinajstić information content (AvgIpc) is 2.13. The van der Waals surface area contributed by atoms with E-state index in [-0.39, 0.29) is 10.6 Å². The van der Waals surface area contributed by atoms with Gasteiger partial charge in [-0.15, -0.1) is 0 Å². The molecule has 1 rings (SSSR count). The average molecular weight is 343 g/mol. The Balaban J connectivity index is 3.31. The highest BCUT2D eigenvalue weighted by Crippen LogP contribution is 2.33. The van der Waals surface area contributed by atoms with Crippen LogP contribution in [0.1, 0.15) is 5.56 Å². The highest BCUT2D eigenvalue weighted by atomic mass is 79.9. The molecule has 0 spiro atoms. The van der Waals surface area contributed by atoms with E-state index in [1.807, 2.05) is 0 Å². The molecule has 8 heteroatoms. The number of ether oxygens (including phenoxy) is 1. The molecule has 1 amide bonds. The van der Waals surface area contributed by atoms with E-state index in [9.17, 15) is 13.2 Å². The largest absolute Gasteiger partial charge is 0.482 e. The van der Waals surface area contributed by atoms with Crippen LogP contribution in [0.25, 0.3) is 0 Å². The fraction of sp³-hybridized carbons (Fsp3) is 0.222. The molecule has 0 fully saturated rings. The normalized spacial score (nSPS) is 11.2. The van der Waals surface area contributed by atoms with Crippen LogP contribution in [0.5, 0.6) is 5.75 Å². The SMILES string of the molecule is Cc1cc(Br)cc(S(=O)(=O)Cl)c1OCC(N)=O. The van der Waals surface area contributed by atoms with Gasteiger partial charge in [0.1, 0.15) is 10.6 Å². The maximum absolute atomic E-state index is 11.4. The van der Waals surface area contributed by atoms with Crippen LogP contribution in [0, 0.1) is 6.92 Å². The van der Waals surface area contributed by atoms with E-state index in [1.54, 1.807) is 13.0 Å². The quantitative estimate of drug-likeness (QED) is 0.841. The van der Waals surface area contributed by atoms with Gasteiger partial charge in [-0.25, -0.2) is 8.42 Å². The molecule has 0 aliphatic rings. The van der Waals surface area contributed by atoms with Crippen molar-refractivity contribution in [1.29, 1.82) is 0 Å². The van der Waals surface area contributed by atoms with Gasteiger partial charge in [-0.3, -0.25) is 4.79 Å². The molecular formula is C9H9BrClNO4S. The van der Waals surface area contributed by atoms with Crippen LogP contribution in [0.15, 0.2) is 21.5 Å². The first-order valence-corrected chi connectivity index (χ1v) is 7.48. The predicted molar refractivity (Wildman–Crippen MR) is 66.6 cm³/mol. The van der Waals surface area contributed by atoms with Gasteiger partial charge in [-0.05, 0) is 24.6 Å². The Morgan fingerprint density at radius 1 is 1.53 bits per heavy atom. The van der Waals surface area contributed by atoms with Gasteiger partial charge in [0, 0.05) is 15.2 Å². The van der Waals surface area contributed by atoms with Crippen molar-refractivity contribution in [2.75, 3.05) is 6.61 Å². The van der Waals surface area contributed by atoms with Crippen molar-refractivity contribution in [2.24, 2.45) is 5.73 Å². The number of hydrogen-bond donors (Lipinski definition) is 1. The zero-order valence-corrected chi connectivity index (χ0v) is 11.9. The summed E-state index contributed by atoms with van der Waals surface area (Å²) in [6.07, 6.45) is 0. The Kier molecular flexibility index (Phi) is 4.40. The van der Waals surface area contributed by atoms with Crippen molar-refractivity contribution in [3.8, 4) is 5.75 Å². The predicted octanol–water partition coefficient (Wildman–Crippen LogP) is 1.55. The van der Waals surface area contributed by atoms with E-state index < -0.39 is 21.6 Å². The van der Waals surface area contributed by atoms with Crippen LogP contribution in [0.3, 0.4) is 0 Å². The number of halogens is 2. The van der Waals surface area contributed by atoms with Gasteiger partial charge < -0.3 is 10.5 Å². The summed E-state index contributed by atoms with van der Waals surface area (Å²) in [5.41, 5.74) is 5.45. The van der Waals surface area contributed by atoms with Crippen LogP contribution in [0.2, 0.25) is 0 Å². The summed E-state index contributed by atoms with van der Waals surface area (Å²) in [5.74, 6) is -0.674. The second-order valence-electron chi connectivity index (χ2n) is 3.24. The highest BCUT2D eigenvalue weighted by Gasteiger charge is 2.20. The number of nitrogens with two attached hydrogens (primary N) is 1. The van der Waals surface area contributed by atoms with Gasteiger partial charge in [0.15, 0.2) is 6.61 Å². The number of carbonyl (C=O) groups is 1. The number of aryl methyl sites for hydroxylation is 1. The molecule has 0 aliphatic carbocycles. The van der Waals surface area contributed by atoms with E-state index in [0.29, 0.717) is 10.0 Å². The Labute approximate surface area is 111 Å². The first kappa shape index (κ1) is 14.3. The Morgan fingerprint density at radius 2 is 2.12 bits per heavy atom. The first-order valence-electron chi connectivity index (χ1n) is 4.37. The van der Waals surface area contributed by atoms with Crippen molar-refractivity contribution in [3.05, 3.63) is 22.2 Å². The molecule has 0 unspecified atom stereocenters. The monoisotopic (exact) mass is 341 g/mol. The van der Waals surface area contributed by atoms with Gasteiger partial charge in [-0.2, -0.15) is 0 Å². The topological polar surface area (TPSA) is 86.5 Å². The molecule has 1 aromatic carbocycles. The zero-order chi connectivity index (χ0) is 13.2. The molecule has 94 valence electrons. The van der Waals surface area contributed by atoms with E-state index >= 15 is 0 Å². The maximum Gasteiger partial charge on any atom is 0.265 e. The van der Waals surface area contributed by atoms with Crippen molar-refractivity contribution in [3.63, 3.8) is 0 Å². The molecule has 1 aromatic rings. The molecule has 0 aromatic heterocycles. The van der Waals surface area contributed by atoms with Gasteiger partial charge >= 0.3 is 0 Å². The minimum Gasteiger partial charge on any atom is -0.482 e. The molecular weight excluding hydrogens is 334 g/mol. The second-order valence-corrected chi connectivity index (χ2v) is 6.69. The van der Waals surface area contributed by atoms with Gasteiger partial charge in [0.25, 0.3) is 15.0 Å². The minimum atomic E-state index is -3.96. The lowest BCUT2D eigenvalue weighted by Gasteiger charge is -2.11. The van der Waals surface area contributed by atoms with Gasteiger partial charge in [0.05, 0.1) is 0 Å². The van der Waals surface area contributed by atoms with Crippen molar-refractivity contribution in [2.45, 2.75) is 11.8 Å². The summed E-state index contributed by atoms with van der Waals surface area (Å²) in [5, 5.41) is 0. The highest BCUT2D eigenvalue weighted by molar-refractivity contribution is 9.10. The third-order valence-corrected chi connectivity index (χ3v) is 3.61.